The Bertz CT molecular complexity index is 685. The number of rotatable bonds is 5. The highest BCUT2D eigenvalue weighted by Crippen LogP contribution is 2.23. The Kier molecular flexibility index (Phi) is 5.18. The third kappa shape index (κ3) is 3.61. The van der Waals surface area contributed by atoms with E-state index in [0.29, 0.717) is 11.5 Å². The topological polar surface area (TPSA) is 56.2 Å². The Morgan fingerprint density at radius 2 is 1.96 bits per heavy atom. The summed E-state index contributed by atoms with van der Waals surface area (Å²) >= 11 is 0. The summed E-state index contributed by atoms with van der Waals surface area (Å²) in [7, 11) is 1.64. The molecule has 1 aliphatic rings. The van der Waals surface area contributed by atoms with Crippen LogP contribution in [0.3, 0.4) is 0 Å². The monoisotopic (exact) mass is 327 g/mol. The number of carbonyl (C=O) groups is 1. The van der Waals surface area contributed by atoms with E-state index in [4.69, 9.17) is 4.74 Å². The summed E-state index contributed by atoms with van der Waals surface area (Å²) in [6.45, 7) is 2.69. The van der Waals surface area contributed by atoms with E-state index in [1.165, 1.54) is 32.1 Å². The van der Waals surface area contributed by atoms with Crippen LogP contribution in [0.25, 0.3) is 5.69 Å². The minimum absolute atomic E-state index is 0.0298. The molecule has 1 heterocycles. The quantitative estimate of drug-likeness (QED) is 0.914. The van der Waals surface area contributed by atoms with Crippen molar-refractivity contribution < 1.29 is 9.53 Å². The standard InChI is InChI=1S/C19H25N3O2/c1-14-18(19(23)20-12-15-6-4-3-5-7-15)13-21-22(14)16-8-10-17(24-2)11-9-16/h8-11,13,15H,3-7,12H2,1-2H3,(H,20,23). The van der Waals surface area contributed by atoms with Crippen LogP contribution in [0, 0.1) is 12.8 Å². The summed E-state index contributed by atoms with van der Waals surface area (Å²) in [6, 6.07) is 7.64. The predicted octanol–water partition coefficient (Wildman–Crippen LogP) is 3.50. The summed E-state index contributed by atoms with van der Waals surface area (Å²) in [6.07, 6.45) is 8.01. The number of hydrogen-bond acceptors (Lipinski definition) is 3. The molecule has 1 N–H and O–H groups in total. The Labute approximate surface area is 143 Å². The van der Waals surface area contributed by atoms with Crippen LogP contribution in [0.5, 0.6) is 5.75 Å². The Morgan fingerprint density at radius 3 is 2.62 bits per heavy atom. The van der Waals surface area contributed by atoms with Gasteiger partial charge in [0, 0.05) is 6.54 Å². The molecule has 0 aliphatic heterocycles. The smallest absolute Gasteiger partial charge is 0.254 e. The maximum atomic E-state index is 12.5. The van der Waals surface area contributed by atoms with E-state index in [1.807, 2.05) is 31.2 Å². The van der Waals surface area contributed by atoms with Crippen molar-refractivity contribution in [3.8, 4) is 11.4 Å². The summed E-state index contributed by atoms with van der Waals surface area (Å²) in [5, 5.41) is 7.45. The van der Waals surface area contributed by atoms with Crippen LogP contribution in [-0.4, -0.2) is 29.3 Å². The molecule has 1 fully saturated rings. The van der Waals surface area contributed by atoms with Crippen molar-refractivity contribution in [2.24, 2.45) is 5.92 Å². The number of amides is 1. The molecule has 0 unspecified atom stereocenters. The van der Waals surface area contributed by atoms with Crippen LogP contribution in [0.15, 0.2) is 30.5 Å². The zero-order chi connectivity index (χ0) is 16.9. The van der Waals surface area contributed by atoms with Crippen molar-refractivity contribution in [2.75, 3.05) is 13.7 Å². The fourth-order valence-corrected chi connectivity index (χ4v) is 3.34. The second-order valence-corrected chi connectivity index (χ2v) is 6.47. The van der Waals surface area contributed by atoms with Gasteiger partial charge < -0.3 is 10.1 Å². The van der Waals surface area contributed by atoms with Crippen LogP contribution in [0.2, 0.25) is 0 Å². The number of hydrogen-bond donors (Lipinski definition) is 1. The number of nitrogens with one attached hydrogen (secondary N) is 1. The lowest BCUT2D eigenvalue weighted by Gasteiger charge is -2.21. The van der Waals surface area contributed by atoms with Gasteiger partial charge >= 0.3 is 0 Å². The first-order chi connectivity index (χ1) is 11.7. The predicted molar refractivity (Wildman–Crippen MR) is 93.8 cm³/mol. The summed E-state index contributed by atoms with van der Waals surface area (Å²) in [4.78, 5) is 12.5. The van der Waals surface area contributed by atoms with Crippen molar-refractivity contribution in [1.82, 2.24) is 15.1 Å². The van der Waals surface area contributed by atoms with E-state index in [-0.39, 0.29) is 5.91 Å². The average Bonchev–Trinajstić information content (AvgIpc) is 3.02. The Hall–Kier alpha value is -2.30. The first-order valence-corrected chi connectivity index (χ1v) is 8.66. The average molecular weight is 327 g/mol. The third-order valence-electron chi connectivity index (χ3n) is 4.85. The highest BCUT2D eigenvalue weighted by atomic mass is 16.5. The van der Waals surface area contributed by atoms with Gasteiger partial charge in [0.1, 0.15) is 5.75 Å². The molecule has 0 spiro atoms. The molecule has 24 heavy (non-hydrogen) atoms. The van der Waals surface area contributed by atoms with Gasteiger partial charge in [-0.15, -0.1) is 0 Å². The third-order valence-corrected chi connectivity index (χ3v) is 4.85. The van der Waals surface area contributed by atoms with Gasteiger partial charge in [0.15, 0.2) is 0 Å². The van der Waals surface area contributed by atoms with Crippen molar-refractivity contribution >= 4 is 5.91 Å². The summed E-state index contributed by atoms with van der Waals surface area (Å²) < 4.78 is 6.96. The maximum absolute atomic E-state index is 12.5. The molecule has 0 saturated heterocycles. The fourth-order valence-electron chi connectivity index (χ4n) is 3.34. The molecular formula is C19H25N3O2. The Balaban J connectivity index is 1.67. The van der Waals surface area contributed by atoms with Gasteiger partial charge in [0.25, 0.3) is 5.91 Å². The van der Waals surface area contributed by atoms with E-state index < -0.39 is 0 Å². The van der Waals surface area contributed by atoms with E-state index >= 15 is 0 Å². The first kappa shape index (κ1) is 16.6. The second-order valence-electron chi connectivity index (χ2n) is 6.47. The molecular weight excluding hydrogens is 302 g/mol. The number of benzene rings is 1. The molecule has 1 amide bonds. The zero-order valence-corrected chi connectivity index (χ0v) is 14.4. The first-order valence-electron chi connectivity index (χ1n) is 8.66. The molecule has 3 rings (SSSR count). The lowest BCUT2D eigenvalue weighted by molar-refractivity contribution is 0.0943. The SMILES string of the molecule is COc1ccc(-n2ncc(C(=O)NCC3CCCCC3)c2C)cc1. The van der Waals surface area contributed by atoms with Crippen LogP contribution in [-0.2, 0) is 0 Å². The van der Waals surface area contributed by atoms with Crippen LogP contribution < -0.4 is 10.1 Å². The molecule has 2 aromatic rings. The lowest BCUT2D eigenvalue weighted by atomic mass is 9.89. The van der Waals surface area contributed by atoms with Gasteiger partial charge in [-0.3, -0.25) is 4.79 Å². The molecule has 5 heteroatoms. The van der Waals surface area contributed by atoms with E-state index in [9.17, 15) is 4.79 Å². The van der Waals surface area contributed by atoms with Crippen LogP contribution in [0.1, 0.15) is 48.2 Å². The second kappa shape index (κ2) is 7.51. The normalized spacial score (nSPS) is 15.2. The van der Waals surface area contributed by atoms with E-state index in [1.54, 1.807) is 18.0 Å². The minimum Gasteiger partial charge on any atom is -0.497 e. The summed E-state index contributed by atoms with van der Waals surface area (Å²) in [5.41, 5.74) is 2.41. The molecule has 0 atom stereocenters. The van der Waals surface area contributed by atoms with Crippen LogP contribution >= 0.6 is 0 Å². The molecule has 0 bridgehead atoms. The molecule has 1 saturated carbocycles. The van der Waals surface area contributed by atoms with Crippen molar-refractivity contribution in [3.63, 3.8) is 0 Å². The highest BCUT2D eigenvalue weighted by molar-refractivity contribution is 5.95. The number of ether oxygens (including phenoxy) is 1. The van der Waals surface area contributed by atoms with Crippen molar-refractivity contribution in [1.29, 1.82) is 0 Å². The van der Waals surface area contributed by atoms with Crippen molar-refractivity contribution in [3.05, 3.63) is 41.7 Å². The van der Waals surface area contributed by atoms with Gasteiger partial charge in [0.05, 0.1) is 30.3 Å². The summed E-state index contributed by atoms with van der Waals surface area (Å²) in [5.74, 6) is 1.39. The number of aromatic nitrogens is 2. The maximum Gasteiger partial charge on any atom is 0.254 e. The van der Waals surface area contributed by atoms with E-state index in [0.717, 1.165) is 23.7 Å². The van der Waals surface area contributed by atoms with Gasteiger partial charge in [0.2, 0.25) is 0 Å². The molecule has 1 aromatic carbocycles. The fraction of sp³-hybridized carbons (Fsp3) is 0.474. The molecule has 1 aliphatic carbocycles. The number of nitrogens with zero attached hydrogens (tertiary/aromatic N) is 2. The minimum atomic E-state index is -0.0298. The van der Waals surface area contributed by atoms with Gasteiger partial charge in [-0.05, 0) is 49.9 Å². The zero-order valence-electron chi connectivity index (χ0n) is 14.4. The number of carbonyl (C=O) groups excluding carboxylic acids is 1. The largest absolute Gasteiger partial charge is 0.497 e. The lowest BCUT2D eigenvalue weighted by Crippen LogP contribution is -2.30. The molecule has 0 radical (unpaired) electrons. The van der Waals surface area contributed by atoms with Gasteiger partial charge in [-0.2, -0.15) is 5.10 Å². The van der Waals surface area contributed by atoms with Crippen LogP contribution in [0.4, 0.5) is 0 Å². The highest BCUT2D eigenvalue weighted by Gasteiger charge is 2.18. The molecule has 5 nitrogen and oxygen atoms in total. The number of methoxy groups -OCH3 is 1. The van der Waals surface area contributed by atoms with Crippen molar-refractivity contribution in [2.45, 2.75) is 39.0 Å². The van der Waals surface area contributed by atoms with Gasteiger partial charge in [-0.1, -0.05) is 19.3 Å². The van der Waals surface area contributed by atoms with Gasteiger partial charge in [-0.25, -0.2) is 4.68 Å². The molecule has 128 valence electrons. The Morgan fingerprint density at radius 1 is 1.25 bits per heavy atom. The van der Waals surface area contributed by atoms with E-state index in [2.05, 4.69) is 10.4 Å². The molecule has 1 aromatic heterocycles.